The van der Waals surface area contributed by atoms with E-state index in [-0.39, 0.29) is 5.91 Å². The van der Waals surface area contributed by atoms with Crippen LogP contribution in [0.1, 0.15) is 22.6 Å². The van der Waals surface area contributed by atoms with Crippen molar-refractivity contribution in [2.24, 2.45) is 0 Å². The Balaban J connectivity index is 1.62. The smallest absolute Gasteiger partial charge is 0.328 e. The van der Waals surface area contributed by atoms with E-state index in [4.69, 9.17) is 9.47 Å². The molecule has 0 unspecified atom stereocenters. The zero-order valence-electron chi connectivity index (χ0n) is 16.9. The number of fused-ring (bicyclic) bond motifs is 3. The maximum Gasteiger partial charge on any atom is 0.328 e. The van der Waals surface area contributed by atoms with Gasteiger partial charge in [0.1, 0.15) is 11.8 Å². The molecule has 0 heterocycles. The van der Waals surface area contributed by atoms with Crippen LogP contribution in [0.3, 0.4) is 0 Å². The standard InChI is InChI=1S/C25H23NO4/c1-29-17-9-7-8-16(14-17)15-22(25(28)30-2)26-24(27)23-20-12-5-3-10-18(20)19-11-4-6-13-21(19)23/h3-14,22-23H,15H2,1-2H3,(H,26,27)/t22-/m0/s1. The number of nitrogens with one attached hydrogen (secondary N) is 1. The van der Waals surface area contributed by atoms with E-state index in [0.29, 0.717) is 12.2 Å². The SMILES string of the molecule is COC(=O)[C@H](Cc1cccc(OC)c1)NC(=O)C1c2ccccc2-c2ccccc21. The van der Waals surface area contributed by atoms with E-state index in [0.717, 1.165) is 27.8 Å². The molecule has 5 nitrogen and oxygen atoms in total. The number of hydrogen-bond acceptors (Lipinski definition) is 4. The van der Waals surface area contributed by atoms with Crippen molar-refractivity contribution >= 4 is 11.9 Å². The summed E-state index contributed by atoms with van der Waals surface area (Å²) in [6.45, 7) is 0. The van der Waals surface area contributed by atoms with Crippen LogP contribution >= 0.6 is 0 Å². The number of carbonyl (C=O) groups excluding carboxylic acids is 2. The van der Waals surface area contributed by atoms with E-state index in [2.05, 4.69) is 5.32 Å². The molecule has 0 saturated carbocycles. The molecule has 0 aromatic heterocycles. The van der Waals surface area contributed by atoms with Gasteiger partial charge in [-0.15, -0.1) is 0 Å². The Morgan fingerprint density at radius 3 is 2.13 bits per heavy atom. The second-order valence-electron chi connectivity index (χ2n) is 7.25. The maximum atomic E-state index is 13.4. The molecule has 152 valence electrons. The third-order valence-corrected chi connectivity index (χ3v) is 5.47. The van der Waals surface area contributed by atoms with E-state index in [1.165, 1.54) is 7.11 Å². The highest BCUT2D eigenvalue weighted by Gasteiger charge is 2.35. The largest absolute Gasteiger partial charge is 0.497 e. The number of amides is 1. The summed E-state index contributed by atoms with van der Waals surface area (Å²) in [7, 11) is 2.92. The molecule has 4 rings (SSSR count). The monoisotopic (exact) mass is 401 g/mol. The van der Waals surface area contributed by atoms with Gasteiger partial charge in [0.15, 0.2) is 0 Å². The number of hydrogen-bond donors (Lipinski definition) is 1. The Hall–Kier alpha value is -3.60. The lowest BCUT2D eigenvalue weighted by Crippen LogP contribution is -2.45. The molecule has 1 amide bonds. The van der Waals surface area contributed by atoms with Gasteiger partial charge in [-0.3, -0.25) is 4.79 Å². The van der Waals surface area contributed by atoms with Gasteiger partial charge >= 0.3 is 5.97 Å². The van der Waals surface area contributed by atoms with Crippen LogP contribution in [0.15, 0.2) is 72.8 Å². The van der Waals surface area contributed by atoms with E-state index < -0.39 is 17.9 Å². The number of ether oxygens (including phenoxy) is 2. The van der Waals surface area contributed by atoms with Gasteiger partial charge in [-0.25, -0.2) is 4.79 Å². The lowest BCUT2D eigenvalue weighted by molar-refractivity contribution is -0.145. The Morgan fingerprint density at radius 1 is 0.900 bits per heavy atom. The minimum absolute atomic E-state index is 0.217. The number of esters is 1. The molecule has 0 saturated heterocycles. The maximum absolute atomic E-state index is 13.4. The molecular formula is C25H23NO4. The van der Waals surface area contributed by atoms with Crippen LogP contribution in [0.25, 0.3) is 11.1 Å². The van der Waals surface area contributed by atoms with Gasteiger partial charge in [-0.05, 0) is 39.9 Å². The molecule has 3 aromatic rings. The summed E-state index contributed by atoms with van der Waals surface area (Å²) >= 11 is 0. The predicted molar refractivity (Wildman–Crippen MR) is 114 cm³/mol. The van der Waals surface area contributed by atoms with Crippen LogP contribution in [0, 0.1) is 0 Å². The molecular weight excluding hydrogens is 378 g/mol. The summed E-state index contributed by atoms with van der Waals surface area (Å²) in [5, 5.41) is 2.92. The molecule has 0 bridgehead atoms. The lowest BCUT2D eigenvalue weighted by Gasteiger charge is -2.20. The lowest BCUT2D eigenvalue weighted by atomic mass is 9.95. The van der Waals surface area contributed by atoms with Crippen LogP contribution in [0.4, 0.5) is 0 Å². The summed E-state index contributed by atoms with van der Waals surface area (Å²) < 4.78 is 10.2. The van der Waals surface area contributed by atoms with E-state index in [1.54, 1.807) is 7.11 Å². The first-order chi connectivity index (χ1) is 14.6. The molecule has 0 spiro atoms. The fourth-order valence-electron chi connectivity index (χ4n) is 4.06. The van der Waals surface area contributed by atoms with Gasteiger partial charge in [0.2, 0.25) is 5.91 Å². The van der Waals surface area contributed by atoms with Crippen LogP contribution in [-0.2, 0) is 20.7 Å². The fraction of sp³-hybridized carbons (Fsp3) is 0.200. The molecule has 1 aliphatic carbocycles. The molecule has 1 atom stereocenters. The van der Waals surface area contributed by atoms with Gasteiger partial charge < -0.3 is 14.8 Å². The number of methoxy groups -OCH3 is 2. The highest BCUT2D eigenvalue weighted by molar-refractivity contribution is 5.97. The summed E-state index contributed by atoms with van der Waals surface area (Å²) in [5.41, 5.74) is 4.87. The first-order valence-corrected chi connectivity index (χ1v) is 9.81. The van der Waals surface area contributed by atoms with Gasteiger partial charge in [0.05, 0.1) is 20.1 Å². The minimum atomic E-state index is -0.797. The second-order valence-corrected chi connectivity index (χ2v) is 7.25. The van der Waals surface area contributed by atoms with Crippen molar-refractivity contribution < 1.29 is 19.1 Å². The van der Waals surface area contributed by atoms with Crippen molar-refractivity contribution in [2.45, 2.75) is 18.4 Å². The third kappa shape index (κ3) is 3.66. The van der Waals surface area contributed by atoms with Crippen LogP contribution < -0.4 is 10.1 Å². The Kier molecular flexibility index (Phi) is 5.53. The number of rotatable bonds is 6. The van der Waals surface area contributed by atoms with Gasteiger partial charge in [0.25, 0.3) is 0 Å². The fourth-order valence-corrected chi connectivity index (χ4v) is 4.06. The molecule has 1 aliphatic rings. The highest BCUT2D eigenvalue weighted by Crippen LogP contribution is 2.44. The first-order valence-electron chi connectivity index (χ1n) is 9.81. The Bertz CT molecular complexity index is 1050. The molecule has 0 radical (unpaired) electrons. The zero-order chi connectivity index (χ0) is 21.1. The normalized spacial score (nSPS) is 13.1. The Morgan fingerprint density at radius 2 is 1.53 bits per heavy atom. The van der Waals surface area contributed by atoms with Crippen LogP contribution in [0.2, 0.25) is 0 Å². The average Bonchev–Trinajstić information content (AvgIpc) is 3.13. The molecule has 0 aliphatic heterocycles. The second kappa shape index (κ2) is 8.41. The zero-order valence-corrected chi connectivity index (χ0v) is 16.9. The summed E-state index contributed by atoms with van der Waals surface area (Å²) in [4.78, 5) is 25.8. The minimum Gasteiger partial charge on any atom is -0.497 e. The van der Waals surface area contributed by atoms with E-state index >= 15 is 0 Å². The van der Waals surface area contributed by atoms with Crippen molar-refractivity contribution in [3.63, 3.8) is 0 Å². The molecule has 3 aromatic carbocycles. The highest BCUT2D eigenvalue weighted by atomic mass is 16.5. The summed E-state index contributed by atoms with van der Waals surface area (Å²) in [6.07, 6.45) is 0.311. The molecule has 1 N–H and O–H groups in total. The van der Waals surface area contributed by atoms with E-state index in [1.807, 2.05) is 72.8 Å². The van der Waals surface area contributed by atoms with E-state index in [9.17, 15) is 9.59 Å². The predicted octanol–water partition coefficient (Wildman–Crippen LogP) is 3.71. The van der Waals surface area contributed by atoms with Crippen molar-refractivity contribution in [1.82, 2.24) is 5.32 Å². The number of carbonyl (C=O) groups is 2. The average molecular weight is 401 g/mol. The van der Waals surface area contributed by atoms with Crippen molar-refractivity contribution in [3.8, 4) is 16.9 Å². The summed E-state index contributed by atoms with van der Waals surface area (Å²) in [5.74, 6) is -0.465. The summed E-state index contributed by atoms with van der Waals surface area (Å²) in [6, 6.07) is 22.4. The topological polar surface area (TPSA) is 64.6 Å². The third-order valence-electron chi connectivity index (χ3n) is 5.47. The number of benzene rings is 3. The van der Waals surface area contributed by atoms with Crippen molar-refractivity contribution in [3.05, 3.63) is 89.5 Å². The first kappa shape index (κ1) is 19.7. The van der Waals surface area contributed by atoms with Crippen LogP contribution in [-0.4, -0.2) is 32.1 Å². The van der Waals surface area contributed by atoms with Crippen molar-refractivity contribution in [2.75, 3.05) is 14.2 Å². The molecule has 5 heteroatoms. The van der Waals surface area contributed by atoms with Gasteiger partial charge in [-0.2, -0.15) is 0 Å². The van der Waals surface area contributed by atoms with Gasteiger partial charge in [-0.1, -0.05) is 60.7 Å². The molecule has 30 heavy (non-hydrogen) atoms. The quantitative estimate of drug-likeness (QED) is 0.640. The molecule has 0 fully saturated rings. The van der Waals surface area contributed by atoms with Crippen LogP contribution in [0.5, 0.6) is 5.75 Å². The Labute approximate surface area is 175 Å². The van der Waals surface area contributed by atoms with Crippen molar-refractivity contribution in [1.29, 1.82) is 0 Å². The van der Waals surface area contributed by atoms with Gasteiger partial charge in [0, 0.05) is 6.42 Å².